The molecule has 0 heterocycles. The minimum absolute atomic E-state index is 0.100. The molecule has 5 nitrogen and oxygen atoms in total. The van der Waals surface area contributed by atoms with Crippen molar-refractivity contribution < 1.29 is 9.53 Å². The van der Waals surface area contributed by atoms with Gasteiger partial charge in [0.2, 0.25) is 0 Å². The summed E-state index contributed by atoms with van der Waals surface area (Å²) in [6.45, 7) is 10.1. The molecule has 0 aliphatic heterocycles. The van der Waals surface area contributed by atoms with E-state index in [9.17, 15) is 4.79 Å². The lowest BCUT2D eigenvalue weighted by Crippen LogP contribution is -2.47. The zero-order valence-electron chi connectivity index (χ0n) is 12.5. The van der Waals surface area contributed by atoms with E-state index in [0.717, 1.165) is 11.3 Å². The molecule has 1 amide bonds. The van der Waals surface area contributed by atoms with Crippen molar-refractivity contribution in [3.05, 3.63) is 42.0 Å². The van der Waals surface area contributed by atoms with Gasteiger partial charge in [-0.1, -0.05) is 12.2 Å². The van der Waals surface area contributed by atoms with Gasteiger partial charge in [0, 0.05) is 12.1 Å². The van der Waals surface area contributed by atoms with Crippen molar-refractivity contribution in [2.45, 2.75) is 26.9 Å². The molecular weight excluding hydrogens is 286 g/mol. The van der Waals surface area contributed by atoms with E-state index >= 15 is 0 Å². The summed E-state index contributed by atoms with van der Waals surface area (Å²) in [4.78, 5) is 11.9. The predicted octanol–water partition coefficient (Wildman–Crippen LogP) is 2.16. The third kappa shape index (κ3) is 6.76. The highest BCUT2D eigenvalue weighted by molar-refractivity contribution is 7.80. The maximum atomic E-state index is 11.9. The standard InChI is InChI=1S/C15H21N3O2S/c1-10(2)9-16-15(21)18-17-14(19)12-5-7-13(8-6-12)20-11(3)4/h5-8,11H,1,9H2,2-4H3,(H,17,19)(H2,16,18,21). The van der Waals surface area contributed by atoms with Crippen LogP contribution in [0, 0.1) is 0 Å². The second-order valence-electron chi connectivity index (χ2n) is 4.91. The van der Waals surface area contributed by atoms with Crippen molar-refractivity contribution in [1.29, 1.82) is 0 Å². The molecule has 114 valence electrons. The molecule has 1 aromatic rings. The highest BCUT2D eigenvalue weighted by Gasteiger charge is 2.06. The summed E-state index contributed by atoms with van der Waals surface area (Å²) in [5.41, 5.74) is 6.62. The molecule has 3 N–H and O–H groups in total. The van der Waals surface area contributed by atoms with E-state index in [-0.39, 0.29) is 12.0 Å². The van der Waals surface area contributed by atoms with Gasteiger partial charge in [-0.05, 0) is 57.3 Å². The SMILES string of the molecule is C=C(C)CNC(=S)NNC(=O)c1ccc(OC(C)C)cc1. The smallest absolute Gasteiger partial charge is 0.269 e. The van der Waals surface area contributed by atoms with Crippen molar-refractivity contribution in [2.75, 3.05) is 6.54 Å². The highest BCUT2D eigenvalue weighted by atomic mass is 32.1. The fourth-order valence-electron chi connectivity index (χ4n) is 1.42. The molecule has 0 fully saturated rings. The Morgan fingerprint density at radius 1 is 1.29 bits per heavy atom. The van der Waals surface area contributed by atoms with Gasteiger partial charge in [-0.15, -0.1) is 0 Å². The summed E-state index contributed by atoms with van der Waals surface area (Å²) >= 11 is 5.01. The molecule has 0 aromatic heterocycles. The molecule has 0 aliphatic rings. The summed E-state index contributed by atoms with van der Waals surface area (Å²) in [5.74, 6) is 0.457. The van der Waals surface area contributed by atoms with Crippen LogP contribution in [0.25, 0.3) is 0 Å². The Morgan fingerprint density at radius 3 is 2.43 bits per heavy atom. The van der Waals surface area contributed by atoms with Crippen molar-refractivity contribution in [1.82, 2.24) is 16.2 Å². The van der Waals surface area contributed by atoms with Gasteiger partial charge >= 0.3 is 0 Å². The van der Waals surface area contributed by atoms with Gasteiger partial charge in [-0.3, -0.25) is 15.6 Å². The average Bonchev–Trinajstić information content (AvgIpc) is 2.42. The quantitative estimate of drug-likeness (QED) is 0.442. The van der Waals surface area contributed by atoms with Crippen LogP contribution in [0.1, 0.15) is 31.1 Å². The van der Waals surface area contributed by atoms with Gasteiger partial charge in [-0.25, -0.2) is 0 Å². The maximum absolute atomic E-state index is 11.9. The third-order valence-electron chi connectivity index (χ3n) is 2.33. The van der Waals surface area contributed by atoms with Crippen LogP contribution < -0.4 is 20.9 Å². The van der Waals surface area contributed by atoms with Gasteiger partial charge in [0.05, 0.1) is 6.10 Å². The number of benzene rings is 1. The summed E-state index contributed by atoms with van der Waals surface area (Å²) in [6.07, 6.45) is 0.100. The third-order valence-corrected chi connectivity index (χ3v) is 2.57. The molecule has 1 rings (SSSR count). The Labute approximate surface area is 130 Å². The van der Waals surface area contributed by atoms with E-state index in [0.29, 0.717) is 17.2 Å². The molecule has 21 heavy (non-hydrogen) atoms. The minimum Gasteiger partial charge on any atom is -0.491 e. The molecule has 0 saturated heterocycles. The largest absolute Gasteiger partial charge is 0.491 e. The highest BCUT2D eigenvalue weighted by Crippen LogP contribution is 2.13. The van der Waals surface area contributed by atoms with E-state index in [1.54, 1.807) is 24.3 Å². The Hall–Kier alpha value is -2.08. The fraction of sp³-hybridized carbons (Fsp3) is 0.333. The molecule has 0 aliphatic carbocycles. The summed E-state index contributed by atoms with van der Waals surface area (Å²) in [6, 6.07) is 6.90. The molecule has 1 aromatic carbocycles. The van der Waals surface area contributed by atoms with Crippen LogP contribution >= 0.6 is 12.2 Å². The molecule has 0 bridgehead atoms. The number of thiocarbonyl (C=S) groups is 1. The summed E-state index contributed by atoms with van der Waals surface area (Å²) < 4.78 is 5.52. The molecule has 0 saturated carbocycles. The zero-order chi connectivity index (χ0) is 15.8. The first-order valence-electron chi connectivity index (χ1n) is 6.63. The van der Waals surface area contributed by atoms with Crippen LogP contribution in [0.2, 0.25) is 0 Å². The monoisotopic (exact) mass is 307 g/mol. The molecule has 0 atom stereocenters. The van der Waals surface area contributed by atoms with E-state index in [4.69, 9.17) is 17.0 Å². The van der Waals surface area contributed by atoms with Crippen LogP contribution in [0.3, 0.4) is 0 Å². The van der Waals surface area contributed by atoms with Crippen molar-refractivity contribution >= 4 is 23.2 Å². The van der Waals surface area contributed by atoms with E-state index in [1.165, 1.54) is 0 Å². The Balaban J connectivity index is 2.45. The molecule has 0 spiro atoms. The van der Waals surface area contributed by atoms with Gasteiger partial charge in [0.15, 0.2) is 5.11 Å². The van der Waals surface area contributed by atoms with Crippen LogP contribution in [-0.4, -0.2) is 23.7 Å². The van der Waals surface area contributed by atoms with Crippen molar-refractivity contribution in [3.8, 4) is 5.75 Å². The number of hydrogen-bond donors (Lipinski definition) is 3. The molecule has 0 unspecified atom stereocenters. The average molecular weight is 307 g/mol. The predicted molar refractivity (Wildman–Crippen MR) is 88.2 cm³/mol. The van der Waals surface area contributed by atoms with Crippen LogP contribution in [0.5, 0.6) is 5.75 Å². The molecule has 0 radical (unpaired) electrons. The first-order chi connectivity index (χ1) is 9.88. The van der Waals surface area contributed by atoms with Crippen molar-refractivity contribution in [3.63, 3.8) is 0 Å². The lowest BCUT2D eigenvalue weighted by atomic mass is 10.2. The number of hydrogen-bond acceptors (Lipinski definition) is 3. The summed E-state index contributed by atoms with van der Waals surface area (Å²) in [7, 11) is 0. The number of carbonyl (C=O) groups excluding carboxylic acids is 1. The fourth-order valence-corrected chi connectivity index (χ4v) is 1.54. The van der Waals surface area contributed by atoms with Gasteiger partial charge in [-0.2, -0.15) is 0 Å². The number of carbonyl (C=O) groups is 1. The van der Waals surface area contributed by atoms with E-state index in [2.05, 4.69) is 22.7 Å². The summed E-state index contributed by atoms with van der Waals surface area (Å²) in [5, 5.41) is 3.24. The molecular formula is C15H21N3O2S. The van der Waals surface area contributed by atoms with Gasteiger partial charge in [0.25, 0.3) is 5.91 Å². The molecule has 6 heteroatoms. The van der Waals surface area contributed by atoms with E-state index in [1.807, 2.05) is 20.8 Å². The lowest BCUT2D eigenvalue weighted by Gasteiger charge is -2.12. The first-order valence-corrected chi connectivity index (χ1v) is 7.04. The number of ether oxygens (including phenoxy) is 1. The van der Waals surface area contributed by atoms with Crippen molar-refractivity contribution in [2.24, 2.45) is 0 Å². The van der Waals surface area contributed by atoms with Gasteiger partial charge in [0.1, 0.15) is 5.75 Å². The number of nitrogens with one attached hydrogen (secondary N) is 3. The maximum Gasteiger partial charge on any atom is 0.269 e. The lowest BCUT2D eigenvalue weighted by molar-refractivity contribution is 0.0943. The topological polar surface area (TPSA) is 62.4 Å². The Kier molecular flexibility index (Phi) is 6.68. The first kappa shape index (κ1) is 17.0. The minimum atomic E-state index is -0.273. The van der Waals surface area contributed by atoms with Gasteiger partial charge < -0.3 is 10.1 Å². The number of hydrazine groups is 1. The normalized spacial score (nSPS) is 9.90. The van der Waals surface area contributed by atoms with Crippen LogP contribution in [-0.2, 0) is 0 Å². The van der Waals surface area contributed by atoms with Crippen LogP contribution in [0.15, 0.2) is 36.4 Å². The number of amides is 1. The Morgan fingerprint density at radius 2 is 1.90 bits per heavy atom. The number of rotatable bonds is 5. The zero-order valence-corrected chi connectivity index (χ0v) is 13.3. The second-order valence-corrected chi connectivity index (χ2v) is 5.32. The van der Waals surface area contributed by atoms with E-state index < -0.39 is 0 Å². The Bertz CT molecular complexity index is 512. The second kappa shape index (κ2) is 8.26. The van der Waals surface area contributed by atoms with Crippen LogP contribution in [0.4, 0.5) is 0 Å².